The standard InChI is InChI=1S/C24H34N2O/c1-5-18(2)23(26-13-11-25-12-14-26)22-15-19(3)24(20(4)16-22)27-17-21-9-7-6-8-10-21/h6-10,15-16,18,23,25H,5,11-14,17H2,1-4H3/t18?,23-/m1/s1. The van der Waals surface area contributed by atoms with Crippen LogP contribution in [0.1, 0.15) is 48.6 Å². The van der Waals surface area contributed by atoms with Crippen LogP contribution in [0.25, 0.3) is 0 Å². The average molecular weight is 367 g/mol. The van der Waals surface area contributed by atoms with E-state index in [-0.39, 0.29) is 0 Å². The third kappa shape index (κ3) is 4.91. The van der Waals surface area contributed by atoms with Crippen molar-refractivity contribution in [2.45, 2.75) is 46.8 Å². The first-order chi connectivity index (χ1) is 13.1. The molecule has 1 unspecified atom stereocenters. The summed E-state index contributed by atoms with van der Waals surface area (Å²) in [6.45, 7) is 14.1. The average Bonchev–Trinajstić information content (AvgIpc) is 2.69. The lowest BCUT2D eigenvalue weighted by Crippen LogP contribution is -2.46. The molecule has 1 heterocycles. The van der Waals surface area contributed by atoms with Gasteiger partial charge in [0.1, 0.15) is 12.4 Å². The molecule has 3 rings (SSSR count). The van der Waals surface area contributed by atoms with Gasteiger partial charge in [-0.05, 0) is 42.0 Å². The van der Waals surface area contributed by atoms with E-state index in [4.69, 9.17) is 4.74 Å². The summed E-state index contributed by atoms with van der Waals surface area (Å²) >= 11 is 0. The van der Waals surface area contributed by atoms with Crippen LogP contribution < -0.4 is 10.1 Å². The van der Waals surface area contributed by atoms with E-state index in [1.165, 1.54) is 28.7 Å². The van der Waals surface area contributed by atoms with E-state index in [9.17, 15) is 0 Å². The third-order valence-electron chi connectivity index (χ3n) is 5.78. The largest absolute Gasteiger partial charge is 0.488 e. The molecule has 2 aromatic carbocycles. The SMILES string of the molecule is CCC(C)[C@H](c1cc(C)c(OCc2ccccc2)c(C)c1)N1CCNCC1. The number of nitrogens with one attached hydrogen (secondary N) is 1. The minimum Gasteiger partial charge on any atom is -0.488 e. The summed E-state index contributed by atoms with van der Waals surface area (Å²) in [5.41, 5.74) is 5.13. The molecule has 1 fully saturated rings. The van der Waals surface area contributed by atoms with Gasteiger partial charge in [0.15, 0.2) is 0 Å². The number of hydrogen-bond donors (Lipinski definition) is 1. The van der Waals surface area contributed by atoms with E-state index in [0.717, 1.165) is 31.9 Å². The summed E-state index contributed by atoms with van der Waals surface area (Å²) in [5, 5.41) is 3.48. The molecule has 3 nitrogen and oxygen atoms in total. The summed E-state index contributed by atoms with van der Waals surface area (Å²) in [6, 6.07) is 15.6. The van der Waals surface area contributed by atoms with Gasteiger partial charge in [-0.25, -0.2) is 0 Å². The summed E-state index contributed by atoms with van der Waals surface area (Å²) in [6.07, 6.45) is 1.19. The van der Waals surface area contributed by atoms with E-state index < -0.39 is 0 Å². The highest BCUT2D eigenvalue weighted by Crippen LogP contribution is 2.35. The maximum absolute atomic E-state index is 6.20. The number of hydrogen-bond acceptors (Lipinski definition) is 3. The van der Waals surface area contributed by atoms with Crippen molar-refractivity contribution in [3.05, 3.63) is 64.7 Å². The van der Waals surface area contributed by atoms with Crippen LogP contribution in [0, 0.1) is 19.8 Å². The molecule has 0 radical (unpaired) electrons. The van der Waals surface area contributed by atoms with Gasteiger partial charge in [0.2, 0.25) is 0 Å². The summed E-state index contributed by atoms with van der Waals surface area (Å²) in [4.78, 5) is 2.66. The quantitative estimate of drug-likeness (QED) is 0.756. The Hall–Kier alpha value is -1.84. The van der Waals surface area contributed by atoms with E-state index in [0.29, 0.717) is 18.6 Å². The number of aryl methyl sites for hydroxylation is 2. The van der Waals surface area contributed by atoms with Crippen LogP contribution in [0.2, 0.25) is 0 Å². The van der Waals surface area contributed by atoms with Gasteiger partial charge in [0.05, 0.1) is 0 Å². The van der Waals surface area contributed by atoms with Crippen LogP contribution in [0.15, 0.2) is 42.5 Å². The molecule has 0 saturated carbocycles. The second kappa shape index (κ2) is 9.38. The van der Waals surface area contributed by atoms with Crippen molar-refractivity contribution in [1.82, 2.24) is 10.2 Å². The Morgan fingerprint density at radius 1 is 1.04 bits per heavy atom. The van der Waals surface area contributed by atoms with E-state index in [2.05, 4.69) is 74.3 Å². The summed E-state index contributed by atoms with van der Waals surface area (Å²) < 4.78 is 6.20. The Bertz CT molecular complexity index is 699. The Kier molecular flexibility index (Phi) is 6.92. The molecule has 1 saturated heterocycles. The fourth-order valence-corrected chi connectivity index (χ4v) is 4.19. The zero-order valence-electron chi connectivity index (χ0n) is 17.3. The van der Waals surface area contributed by atoms with Gasteiger partial charge in [-0.3, -0.25) is 4.90 Å². The summed E-state index contributed by atoms with van der Waals surface area (Å²) in [5.74, 6) is 1.67. The molecule has 1 N–H and O–H groups in total. The first kappa shape index (κ1) is 19.9. The molecule has 0 amide bonds. The second-order valence-electron chi connectivity index (χ2n) is 7.87. The van der Waals surface area contributed by atoms with Crippen LogP contribution in [0.3, 0.4) is 0 Å². The maximum Gasteiger partial charge on any atom is 0.125 e. The molecule has 0 bridgehead atoms. The minimum atomic E-state index is 0.484. The van der Waals surface area contributed by atoms with Gasteiger partial charge in [-0.2, -0.15) is 0 Å². The highest BCUT2D eigenvalue weighted by Gasteiger charge is 2.27. The minimum absolute atomic E-state index is 0.484. The monoisotopic (exact) mass is 366 g/mol. The maximum atomic E-state index is 6.20. The molecule has 1 aliphatic rings. The van der Waals surface area contributed by atoms with Crippen molar-refractivity contribution in [2.24, 2.45) is 5.92 Å². The van der Waals surface area contributed by atoms with Gasteiger partial charge in [0, 0.05) is 32.2 Å². The van der Waals surface area contributed by atoms with Crippen LogP contribution in [0.5, 0.6) is 5.75 Å². The van der Waals surface area contributed by atoms with Gasteiger partial charge in [-0.15, -0.1) is 0 Å². The molecule has 2 aromatic rings. The van der Waals surface area contributed by atoms with Gasteiger partial charge in [0.25, 0.3) is 0 Å². The zero-order valence-corrected chi connectivity index (χ0v) is 17.3. The molecule has 2 atom stereocenters. The highest BCUT2D eigenvalue weighted by atomic mass is 16.5. The first-order valence-electron chi connectivity index (χ1n) is 10.3. The van der Waals surface area contributed by atoms with Crippen molar-refractivity contribution in [3.63, 3.8) is 0 Å². The third-order valence-corrected chi connectivity index (χ3v) is 5.78. The van der Waals surface area contributed by atoms with Crippen molar-refractivity contribution < 1.29 is 4.74 Å². The predicted molar refractivity (Wildman–Crippen MR) is 113 cm³/mol. The lowest BCUT2D eigenvalue weighted by molar-refractivity contribution is 0.128. The summed E-state index contributed by atoms with van der Waals surface area (Å²) in [7, 11) is 0. The predicted octanol–water partition coefficient (Wildman–Crippen LogP) is 4.87. The number of benzene rings is 2. The van der Waals surface area contributed by atoms with Gasteiger partial charge in [-0.1, -0.05) is 62.7 Å². The normalized spacial score (nSPS) is 17.5. The van der Waals surface area contributed by atoms with E-state index >= 15 is 0 Å². The van der Waals surface area contributed by atoms with Crippen molar-refractivity contribution in [2.75, 3.05) is 26.2 Å². The zero-order chi connectivity index (χ0) is 19.2. The second-order valence-corrected chi connectivity index (χ2v) is 7.87. The first-order valence-corrected chi connectivity index (χ1v) is 10.3. The Morgan fingerprint density at radius 2 is 1.67 bits per heavy atom. The smallest absolute Gasteiger partial charge is 0.125 e. The highest BCUT2D eigenvalue weighted by molar-refractivity contribution is 5.44. The Labute approximate surface area is 164 Å². The lowest BCUT2D eigenvalue weighted by atomic mass is 9.88. The molecule has 146 valence electrons. The van der Waals surface area contributed by atoms with Crippen LogP contribution >= 0.6 is 0 Å². The number of ether oxygens (including phenoxy) is 1. The number of rotatable bonds is 7. The van der Waals surface area contributed by atoms with Crippen LogP contribution in [0.4, 0.5) is 0 Å². The van der Waals surface area contributed by atoms with Crippen LogP contribution in [-0.4, -0.2) is 31.1 Å². The van der Waals surface area contributed by atoms with Crippen molar-refractivity contribution in [1.29, 1.82) is 0 Å². The topological polar surface area (TPSA) is 24.5 Å². The molecule has 0 aliphatic carbocycles. The molecule has 27 heavy (non-hydrogen) atoms. The molecular weight excluding hydrogens is 332 g/mol. The molecule has 0 aromatic heterocycles. The molecule has 3 heteroatoms. The van der Waals surface area contributed by atoms with Crippen molar-refractivity contribution in [3.8, 4) is 5.75 Å². The number of piperazine rings is 1. The molecule has 0 spiro atoms. The fraction of sp³-hybridized carbons (Fsp3) is 0.500. The molecular formula is C24H34N2O. The van der Waals surface area contributed by atoms with Crippen LogP contribution in [-0.2, 0) is 6.61 Å². The Morgan fingerprint density at radius 3 is 2.26 bits per heavy atom. The van der Waals surface area contributed by atoms with Gasteiger partial charge < -0.3 is 10.1 Å². The number of nitrogens with zero attached hydrogens (tertiary/aromatic N) is 1. The molecule has 1 aliphatic heterocycles. The van der Waals surface area contributed by atoms with Gasteiger partial charge >= 0.3 is 0 Å². The fourth-order valence-electron chi connectivity index (χ4n) is 4.19. The van der Waals surface area contributed by atoms with Crippen molar-refractivity contribution >= 4 is 0 Å². The Balaban J connectivity index is 1.82. The van der Waals surface area contributed by atoms with E-state index in [1.54, 1.807) is 0 Å². The van der Waals surface area contributed by atoms with E-state index in [1.807, 2.05) is 6.07 Å². The lowest BCUT2D eigenvalue weighted by Gasteiger charge is -2.39.